The van der Waals surface area contributed by atoms with Gasteiger partial charge in [0.1, 0.15) is 5.75 Å². The molecule has 146 valence electrons. The Labute approximate surface area is 171 Å². The number of quaternary nitrogens is 1. The molecule has 0 fully saturated rings. The zero-order valence-electron chi connectivity index (χ0n) is 15.9. The average molecular weight is 446 g/mol. The van der Waals surface area contributed by atoms with E-state index in [0.717, 1.165) is 31.6 Å². The van der Waals surface area contributed by atoms with Gasteiger partial charge in [-0.15, -0.1) is 10.2 Å². The number of nitrogens with zero attached hydrogens (tertiary/aromatic N) is 3. The van der Waals surface area contributed by atoms with Gasteiger partial charge in [-0.3, -0.25) is 9.36 Å². The Morgan fingerprint density at radius 1 is 1.21 bits per heavy atom. The van der Waals surface area contributed by atoms with Gasteiger partial charge in [0.15, 0.2) is 12.4 Å². The van der Waals surface area contributed by atoms with Gasteiger partial charge in [-0.2, -0.15) is 0 Å². The third-order valence-electron chi connectivity index (χ3n) is 4.22. The van der Waals surface area contributed by atoms with Crippen molar-refractivity contribution in [1.29, 1.82) is 0 Å². The fourth-order valence-corrected chi connectivity index (χ4v) is 3.29. The first-order valence-electron chi connectivity index (χ1n) is 8.76. The normalized spacial score (nSPS) is 11.6. The maximum Gasteiger partial charge on any atom is 0.269 e. The second kappa shape index (κ2) is 8.53. The molecule has 0 saturated carbocycles. The van der Waals surface area contributed by atoms with Gasteiger partial charge in [0.25, 0.3) is 5.91 Å². The summed E-state index contributed by atoms with van der Waals surface area (Å²) in [5.74, 6) is 0.332. The van der Waals surface area contributed by atoms with Crippen molar-refractivity contribution >= 4 is 38.4 Å². The molecule has 2 aromatic carbocycles. The van der Waals surface area contributed by atoms with Crippen LogP contribution in [0.1, 0.15) is 5.56 Å². The van der Waals surface area contributed by atoms with Crippen molar-refractivity contribution in [3.63, 3.8) is 0 Å². The van der Waals surface area contributed by atoms with Gasteiger partial charge in [0.2, 0.25) is 5.88 Å². The first-order valence-corrected chi connectivity index (χ1v) is 9.55. The van der Waals surface area contributed by atoms with Crippen molar-refractivity contribution < 1.29 is 19.5 Å². The number of hydrogen-bond donors (Lipinski definition) is 2. The average Bonchev–Trinajstić information content (AvgIpc) is 2.91. The molecule has 0 atom stereocenters. The van der Waals surface area contributed by atoms with Crippen LogP contribution in [0.3, 0.4) is 0 Å². The summed E-state index contributed by atoms with van der Waals surface area (Å²) in [7, 11) is 5.57. The van der Waals surface area contributed by atoms with E-state index in [0.29, 0.717) is 12.4 Å². The molecule has 3 rings (SSSR count). The standard InChI is InChI=1S/C20H21BrN4O3/c1-24(2)12-25-17-9-6-14(21)11-16(17)19(20(25)27)23-22-18(26)10-13-4-7-15(28-3)8-5-13/h4-9,11,27H,10,12H2,1-3H3/p+1. The number of aromatic hydroxyl groups is 1. The minimum atomic E-state index is -0.390. The smallest absolute Gasteiger partial charge is 0.269 e. The van der Waals surface area contributed by atoms with Crippen molar-refractivity contribution in [1.82, 2.24) is 4.57 Å². The highest BCUT2D eigenvalue weighted by Gasteiger charge is 2.19. The van der Waals surface area contributed by atoms with Crippen LogP contribution >= 0.6 is 15.9 Å². The van der Waals surface area contributed by atoms with E-state index in [4.69, 9.17) is 4.74 Å². The summed E-state index contributed by atoms with van der Waals surface area (Å²) in [4.78, 5) is 13.4. The van der Waals surface area contributed by atoms with E-state index in [1.54, 1.807) is 23.8 Å². The molecule has 7 nitrogen and oxygen atoms in total. The highest BCUT2D eigenvalue weighted by molar-refractivity contribution is 9.10. The van der Waals surface area contributed by atoms with Crippen molar-refractivity contribution in [2.45, 2.75) is 13.1 Å². The summed E-state index contributed by atoms with van der Waals surface area (Å²) < 4.78 is 7.73. The lowest BCUT2D eigenvalue weighted by Gasteiger charge is -2.10. The van der Waals surface area contributed by atoms with Crippen LogP contribution < -0.4 is 9.64 Å². The number of carbonyl (C=O) groups excluding carboxylic acids is 1. The number of fused-ring (bicyclic) bond motifs is 1. The fraction of sp³-hybridized carbons (Fsp3) is 0.250. The van der Waals surface area contributed by atoms with Crippen molar-refractivity contribution in [3.8, 4) is 11.6 Å². The Morgan fingerprint density at radius 2 is 1.93 bits per heavy atom. The molecule has 0 spiro atoms. The minimum Gasteiger partial charge on any atom is -0.497 e. The molecule has 0 radical (unpaired) electrons. The van der Waals surface area contributed by atoms with Gasteiger partial charge in [-0.05, 0) is 35.9 Å². The Bertz CT molecular complexity index is 1030. The Hall–Kier alpha value is -2.71. The van der Waals surface area contributed by atoms with Crippen LogP contribution in [0.4, 0.5) is 5.69 Å². The van der Waals surface area contributed by atoms with Crippen LogP contribution in [-0.4, -0.2) is 36.8 Å². The molecular formula is C20H22BrN4O3+. The van der Waals surface area contributed by atoms with Crippen molar-refractivity contribution in [3.05, 3.63) is 52.5 Å². The Balaban J connectivity index is 1.88. The zero-order valence-corrected chi connectivity index (χ0v) is 17.5. The number of carbonyl (C=O) groups is 1. The molecule has 0 aliphatic carbocycles. The highest BCUT2D eigenvalue weighted by Crippen LogP contribution is 2.39. The van der Waals surface area contributed by atoms with Crippen LogP contribution in [0.2, 0.25) is 0 Å². The van der Waals surface area contributed by atoms with Crippen molar-refractivity contribution in [2.75, 3.05) is 21.2 Å². The quantitative estimate of drug-likeness (QED) is 0.572. The van der Waals surface area contributed by atoms with Crippen LogP contribution in [0.15, 0.2) is 57.2 Å². The number of halogens is 1. The first kappa shape index (κ1) is 20.0. The molecular weight excluding hydrogens is 424 g/mol. The molecule has 0 aliphatic rings. The second-order valence-electron chi connectivity index (χ2n) is 6.75. The maximum absolute atomic E-state index is 12.2. The summed E-state index contributed by atoms with van der Waals surface area (Å²) in [6.45, 7) is 0.555. The molecule has 2 N–H and O–H groups in total. The third-order valence-corrected chi connectivity index (χ3v) is 4.72. The van der Waals surface area contributed by atoms with Crippen LogP contribution in [0.25, 0.3) is 10.9 Å². The molecule has 1 heterocycles. The number of benzene rings is 2. The summed E-state index contributed by atoms with van der Waals surface area (Å²) in [6.07, 6.45) is 0.123. The number of amides is 1. The number of ether oxygens (including phenoxy) is 1. The van der Waals surface area contributed by atoms with E-state index in [1.165, 1.54) is 0 Å². The van der Waals surface area contributed by atoms with Crippen molar-refractivity contribution in [2.24, 2.45) is 10.2 Å². The molecule has 8 heteroatoms. The van der Waals surface area contributed by atoms with Gasteiger partial charge < -0.3 is 14.7 Å². The topological polar surface area (TPSA) is 80.6 Å². The predicted octanol–water partition coefficient (Wildman–Crippen LogP) is 3.07. The third kappa shape index (κ3) is 4.40. The molecule has 0 aliphatic heterocycles. The van der Waals surface area contributed by atoms with Gasteiger partial charge in [0, 0.05) is 9.86 Å². The van der Waals surface area contributed by atoms with Gasteiger partial charge in [0.05, 0.1) is 33.1 Å². The van der Waals surface area contributed by atoms with E-state index < -0.39 is 5.91 Å². The summed E-state index contributed by atoms with van der Waals surface area (Å²) in [5, 5.41) is 19.3. The lowest BCUT2D eigenvalue weighted by molar-refractivity contribution is -0.882. The number of rotatable bonds is 6. The van der Waals surface area contributed by atoms with Crippen LogP contribution in [-0.2, 0) is 17.9 Å². The number of methoxy groups -OCH3 is 1. The lowest BCUT2D eigenvalue weighted by atomic mass is 10.1. The summed E-state index contributed by atoms with van der Waals surface area (Å²) in [5.41, 5.74) is 1.94. The zero-order chi connectivity index (χ0) is 20.3. The van der Waals surface area contributed by atoms with E-state index in [-0.39, 0.29) is 12.3 Å². The van der Waals surface area contributed by atoms with Gasteiger partial charge in [-0.1, -0.05) is 28.1 Å². The monoisotopic (exact) mass is 445 g/mol. The number of azo groups is 1. The molecule has 3 aromatic rings. The van der Waals surface area contributed by atoms with Crippen LogP contribution in [0.5, 0.6) is 11.6 Å². The SMILES string of the molecule is COc1ccc(CC(=O)N=Nc2c(O)n(C[NH+](C)C)c3ccc(Br)cc23)cc1. The van der Waals surface area contributed by atoms with Gasteiger partial charge >= 0.3 is 0 Å². The highest BCUT2D eigenvalue weighted by atomic mass is 79.9. The molecule has 1 amide bonds. The maximum atomic E-state index is 12.2. The van der Waals surface area contributed by atoms with E-state index in [1.807, 2.05) is 44.4 Å². The number of nitrogens with one attached hydrogen (secondary N) is 1. The minimum absolute atomic E-state index is 0.00435. The van der Waals surface area contributed by atoms with E-state index in [9.17, 15) is 9.90 Å². The van der Waals surface area contributed by atoms with Crippen LogP contribution in [0, 0.1) is 0 Å². The largest absolute Gasteiger partial charge is 0.497 e. The fourth-order valence-electron chi connectivity index (χ4n) is 2.93. The van der Waals surface area contributed by atoms with Gasteiger partial charge in [-0.25, -0.2) is 0 Å². The van der Waals surface area contributed by atoms with E-state index in [2.05, 4.69) is 26.2 Å². The predicted molar refractivity (Wildman–Crippen MR) is 110 cm³/mol. The second-order valence-corrected chi connectivity index (χ2v) is 7.66. The molecule has 28 heavy (non-hydrogen) atoms. The lowest BCUT2D eigenvalue weighted by Crippen LogP contribution is -3.04. The summed E-state index contributed by atoms with van der Waals surface area (Å²) in [6, 6.07) is 12.9. The molecule has 0 unspecified atom stereocenters. The molecule has 1 aromatic heterocycles. The Kier molecular flexibility index (Phi) is 6.11. The number of aromatic nitrogens is 1. The molecule has 0 bridgehead atoms. The first-order chi connectivity index (χ1) is 13.4. The Morgan fingerprint density at radius 3 is 2.57 bits per heavy atom. The number of hydrogen-bond acceptors (Lipinski definition) is 4. The van der Waals surface area contributed by atoms with E-state index >= 15 is 0 Å². The summed E-state index contributed by atoms with van der Waals surface area (Å²) >= 11 is 3.44. The molecule has 0 saturated heterocycles.